The van der Waals surface area contributed by atoms with Crippen molar-refractivity contribution in [2.24, 2.45) is 0 Å². The largest absolute Gasteiger partial charge is 0.497 e. The van der Waals surface area contributed by atoms with E-state index in [4.69, 9.17) is 14.5 Å². The van der Waals surface area contributed by atoms with Crippen LogP contribution in [-0.2, 0) is 11.2 Å². The van der Waals surface area contributed by atoms with Gasteiger partial charge in [0.25, 0.3) is 0 Å². The van der Waals surface area contributed by atoms with Crippen LogP contribution in [0.1, 0.15) is 24.3 Å². The number of hydrogen-bond acceptors (Lipinski definition) is 6. The van der Waals surface area contributed by atoms with E-state index >= 15 is 0 Å². The number of hydrogen-bond donors (Lipinski definition) is 0. The van der Waals surface area contributed by atoms with Gasteiger partial charge in [-0.15, -0.1) is 0 Å². The number of amides is 1. The standard InChI is InChI=1S/C21H20N4O3/c1-25(17-6-3-5-15(13-17)14-22)20(26)8-4-7-19-23-21(24-28-19)16-9-11-18(27-2)12-10-16/h3,5-6,9-13H,4,7-8H2,1-2H3. The van der Waals surface area contributed by atoms with Crippen LogP contribution in [0.3, 0.4) is 0 Å². The summed E-state index contributed by atoms with van der Waals surface area (Å²) in [6.07, 6.45) is 1.44. The van der Waals surface area contributed by atoms with Crippen LogP contribution in [0.4, 0.5) is 5.69 Å². The lowest BCUT2D eigenvalue weighted by Crippen LogP contribution is -2.26. The minimum absolute atomic E-state index is 0.0371. The predicted molar refractivity (Wildman–Crippen MR) is 104 cm³/mol. The van der Waals surface area contributed by atoms with Gasteiger partial charge in [0, 0.05) is 31.1 Å². The smallest absolute Gasteiger partial charge is 0.226 e. The third-order valence-corrected chi connectivity index (χ3v) is 4.33. The van der Waals surface area contributed by atoms with Gasteiger partial charge in [-0.05, 0) is 48.9 Å². The first-order valence-corrected chi connectivity index (χ1v) is 8.84. The Bertz CT molecular complexity index is 989. The number of carbonyl (C=O) groups is 1. The van der Waals surface area contributed by atoms with Crippen molar-refractivity contribution in [1.29, 1.82) is 5.26 Å². The van der Waals surface area contributed by atoms with Gasteiger partial charge in [0.2, 0.25) is 17.6 Å². The van der Waals surface area contributed by atoms with Crippen molar-refractivity contribution in [2.75, 3.05) is 19.1 Å². The number of anilines is 1. The lowest BCUT2D eigenvalue weighted by Gasteiger charge is -2.17. The van der Waals surface area contributed by atoms with Gasteiger partial charge < -0.3 is 14.2 Å². The minimum Gasteiger partial charge on any atom is -0.497 e. The fourth-order valence-corrected chi connectivity index (χ4v) is 2.70. The van der Waals surface area contributed by atoms with Crippen LogP contribution in [0.25, 0.3) is 11.4 Å². The fourth-order valence-electron chi connectivity index (χ4n) is 2.70. The Morgan fingerprint density at radius 1 is 1.25 bits per heavy atom. The molecule has 0 saturated heterocycles. The Morgan fingerprint density at radius 2 is 2.04 bits per heavy atom. The summed E-state index contributed by atoms with van der Waals surface area (Å²) < 4.78 is 10.4. The third-order valence-electron chi connectivity index (χ3n) is 4.33. The van der Waals surface area contributed by atoms with Crippen LogP contribution in [-0.4, -0.2) is 30.2 Å². The molecule has 0 aliphatic rings. The molecular weight excluding hydrogens is 356 g/mol. The maximum atomic E-state index is 12.4. The first-order chi connectivity index (χ1) is 13.6. The van der Waals surface area contributed by atoms with Crippen molar-refractivity contribution in [1.82, 2.24) is 10.1 Å². The lowest BCUT2D eigenvalue weighted by atomic mass is 10.1. The summed E-state index contributed by atoms with van der Waals surface area (Å²) in [4.78, 5) is 18.3. The Balaban J connectivity index is 1.54. The first kappa shape index (κ1) is 19.1. The molecule has 0 radical (unpaired) electrons. The normalized spacial score (nSPS) is 10.3. The van der Waals surface area contributed by atoms with Crippen LogP contribution in [0.5, 0.6) is 5.75 Å². The van der Waals surface area contributed by atoms with Gasteiger partial charge in [0.15, 0.2) is 0 Å². The molecule has 1 heterocycles. The van der Waals surface area contributed by atoms with Crippen molar-refractivity contribution < 1.29 is 14.1 Å². The van der Waals surface area contributed by atoms with Gasteiger partial charge in [-0.2, -0.15) is 10.2 Å². The highest BCUT2D eigenvalue weighted by atomic mass is 16.5. The maximum absolute atomic E-state index is 12.4. The molecule has 0 atom stereocenters. The molecule has 0 N–H and O–H groups in total. The number of benzene rings is 2. The van der Waals surface area contributed by atoms with E-state index in [9.17, 15) is 4.79 Å². The number of rotatable bonds is 7. The monoisotopic (exact) mass is 376 g/mol. The van der Waals surface area contributed by atoms with Gasteiger partial charge in [-0.3, -0.25) is 4.79 Å². The number of aromatic nitrogens is 2. The summed E-state index contributed by atoms with van der Waals surface area (Å²) in [5.74, 6) is 1.72. The summed E-state index contributed by atoms with van der Waals surface area (Å²) >= 11 is 0. The number of carbonyl (C=O) groups excluding carboxylic acids is 1. The molecule has 7 heteroatoms. The average molecular weight is 376 g/mol. The van der Waals surface area contributed by atoms with Gasteiger partial charge in [0.05, 0.1) is 18.7 Å². The lowest BCUT2D eigenvalue weighted by molar-refractivity contribution is -0.118. The summed E-state index contributed by atoms with van der Waals surface area (Å²) in [5.41, 5.74) is 2.06. The quantitative estimate of drug-likeness (QED) is 0.625. The van der Waals surface area contributed by atoms with E-state index < -0.39 is 0 Å². The molecular formula is C21H20N4O3. The molecule has 3 rings (SSSR count). The summed E-state index contributed by atoms with van der Waals surface area (Å²) in [6, 6.07) is 16.4. The molecule has 142 valence electrons. The van der Waals surface area contributed by atoms with Gasteiger partial charge in [-0.1, -0.05) is 11.2 Å². The SMILES string of the molecule is COc1ccc(-c2noc(CCCC(=O)N(C)c3cccc(C#N)c3)n2)cc1. The van der Waals surface area contributed by atoms with E-state index in [1.165, 1.54) is 0 Å². The predicted octanol–water partition coefficient (Wildman–Crippen LogP) is 3.60. The first-order valence-electron chi connectivity index (χ1n) is 8.84. The highest BCUT2D eigenvalue weighted by molar-refractivity contribution is 5.92. The highest BCUT2D eigenvalue weighted by Gasteiger charge is 2.13. The van der Waals surface area contributed by atoms with Crippen molar-refractivity contribution in [3.05, 3.63) is 60.0 Å². The molecule has 0 aliphatic carbocycles. The molecule has 1 aromatic heterocycles. The zero-order chi connectivity index (χ0) is 19.9. The Labute approximate surface area is 163 Å². The average Bonchev–Trinajstić information content (AvgIpc) is 3.22. The molecule has 28 heavy (non-hydrogen) atoms. The topological polar surface area (TPSA) is 92.3 Å². The van der Waals surface area contributed by atoms with Gasteiger partial charge >= 0.3 is 0 Å². The third kappa shape index (κ3) is 4.54. The maximum Gasteiger partial charge on any atom is 0.226 e. The van der Waals surface area contributed by atoms with Crippen LogP contribution in [0.15, 0.2) is 53.1 Å². The number of nitrogens with zero attached hydrogens (tertiary/aromatic N) is 4. The zero-order valence-electron chi connectivity index (χ0n) is 15.8. The van der Waals surface area contributed by atoms with E-state index in [0.29, 0.717) is 42.2 Å². The van der Waals surface area contributed by atoms with Gasteiger partial charge in [-0.25, -0.2) is 0 Å². The molecule has 0 spiro atoms. The molecule has 0 unspecified atom stereocenters. The number of aryl methyl sites for hydroxylation is 1. The van der Waals surface area contributed by atoms with Crippen molar-refractivity contribution in [3.8, 4) is 23.2 Å². The van der Waals surface area contributed by atoms with Crippen LogP contribution < -0.4 is 9.64 Å². The van der Waals surface area contributed by atoms with Crippen molar-refractivity contribution in [3.63, 3.8) is 0 Å². The number of ether oxygens (including phenoxy) is 1. The Kier molecular flexibility index (Phi) is 6.02. The molecule has 1 amide bonds. The second kappa shape index (κ2) is 8.82. The summed E-state index contributed by atoms with van der Waals surface area (Å²) in [5, 5.41) is 13.0. The molecule has 0 aliphatic heterocycles. The molecule has 0 fully saturated rings. The second-order valence-corrected chi connectivity index (χ2v) is 6.21. The van der Waals surface area contributed by atoms with Gasteiger partial charge in [0.1, 0.15) is 5.75 Å². The van der Waals surface area contributed by atoms with E-state index in [2.05, 4.69) is 16.2 Å². The van der Waals surface area contributed by atoms with E-state index in [1.807, 2.05) is 24.3 Å². The second-order valence-electron chi connectivity index (χ2n) is 6.21. The van der Waals surface area contributed by atoms with Crippen molar-refractivity contribution >= 4 is 11.6 Å². The highest BCUT2D eigenvalue weighted by Crippen LogP contribution is 2.20. The molecule has 3 aromatic rings. The van der Waals surface area contributed by atoms with Crippen LogP contribution >= 0.6 is 0 Å². The Morgan fingerprint density at radius 3 is 2.75 bits per heavy atom. The summed E-state index contributed by atoms with van der Waals surface area (Å²) in [6.45, 7) is 0. The summed E-state index contributed by atoms with van der Waals surface area (Å²) in [7, 11) is 3.31. The van der Waals surface area contributed by atoms with Crippen LogP contribution in [0, 0.1) is 11.3 Å². The molecule has 0 bridgehead atoms. The fraction of sp³-hybridized carbons (Fsp3) is 0.238. The van der Waals surface area contributed by atoms with E-state index in [0.717, 1.165) is 11.3 Å². The van der Waals surface area contributed by atoms with E-state index in [1.54, 1.807) is 43.3 Å². The molecule has 7 nitrogen and oxygen atoms in total. The van der Waals surface area contributed by atoms with Crippen molar-refractivity contribution in [2.45, 2.75) is 19.3 Å². The molecule has 0 saturated carbocycles. The zero-order valence-corrected chi connectivity index (χ0v) is 15.8. The Hall–Kier alpha value is -3.66. The van der Waals surface area contributed by atoms with Crippen LogP contribution in [0.2, 0.25) is 0 Å². The minimum atomic E-state index is -0.0371. The molecule has 2 aromatic carbocycles. The number of methoxy groups -OCH3 is 1. The number of nitriles is 1. The van der Waals surface area contributed by atoms with E-state index in [-0.39, 0.29) is 5.91 Å².